The number of carbonyl (C=O) groups is 2. The van der Waals surface area contributed by atoms with Gasteiger partial charge >= 0.3 is 11.9 Å². The third-order valence-electron chi connectivity index (χ3n) is 5.81. The van der Waals surface area contributed by atoms with E-state index in [0.717, 1.165) is 38.5 Å². The normalized spacial score (nSPS) is 31.0. The fourth-order valence-corrected chi connectivity index (χ4v) is 4.28. The second-order valence-electron chi connectivity index (χ2n) is 7.41. The summed E-state index contributed by atoms with van der Waals surface area (Å²) in [5.41, 5.74) is -0.350. The summed E-state index contributed by atoms with van der Waals surface area (Å²) in [6.45, 7) is 8.38. The smallest absolute Gasteiger partial charge is 0.313 e. The molecule has 5 nitrogen and oxygen atoms in total. The first-order valence-electron chi connectivity index (χ1n) is 10.1. The Hall–Kier alpha value is -1.10. The molecular formula is C20H34O5. The van der Waals surface area contributed by atoms with Crippen LogP contribution >= 0.6 is 0 Å². The lowest BCUT2D eigenvalue weighted by atomic mass is 9.85. The first-order valence-corrected chi connectivity index (χ1v) is 10.1. The molecule has 0 aromatic heterocycles. The van der Waals surface area contributed by atoms with Crippen molar-refractivity contribution in [2.75, 3.05) is 6.61 Å². The molecule has 4 unspecified atom stereocenters. The van der Waals surface area contributed by atoms with E-state index < -0.39 is 11.8 Å². The van der Waals surface area contributed by atoms with Gasteiger partial charge in [0.05, 0.1) is 30.7 Å². The Balaban J connectivity index is 2.19. The molecule has 1 aliphatic carbocycles. The van der Waals surface area contributed by atoms with Gasteiger partial charge in [0.15, 0.2) is 0 Å². The van der Waals surface area contributed by atoms with Crippen LogP contribution in [0.5, 0.6) is 0 Å². The van der Waals surface area contributed by atoms with Gasteiger partial charge < -0.3 is 14.2 Å². The van der Waals surface area contributed by atoms with Crippen LogP contribution in [-0.4, -0.2) is 36.4 Å². The SMILES string of the molecule is CCCOC(=O)C1C(CC)OC(CC)C1C(=O)OC1(CC)CCCC1. The van der Waals surface area contributed by atoms with Gasteiger partial charge in [0, 0.05) is 0 Å². The van der Waals surface area contributed by atoms with E-state index in [0.29, 0.717) is 19.4 Å². The number of esters is 2. The van der Waals surface area contributed by atoms with Gasteiger partial charge in [-0.25, -0.2) is 0 Å². The summed E-state index contributed by atoms with van der Waals surface area (Å²) in [5.74, 6) is -1.69. The molecule has 2 fully saturated rings. The Kier molecular flexibility index (Phi) is 7.29. The maximum absolute atomic E-state index is 13.1. The Labute approximate surface area is 151 Å². The van der Waals surface area contributed by atoms with Crippen LogP contribution in [0.25, 0.3) is 0 Å². The van der Waals surface area contributed by atoms with E-state index >= 15 is 0 Å². The van der Waals surface area contributed by atoms with Gasteiger partial charge in [-0.3, -0.25) is 9.59 Å². The molecular weight excluding hydrogens is 320 g/mol. The van der Waals surface area contributed by atoms with Crippen molar-refractivity contribution in [2.45, 2.75) is 96.9 Å². The van der Waals surface area contributed by atoms with Crippen molar-refractivity contribution in [1.29, 1.82) is 0 Å². The third kappa shape index (κ3) is 4.36. The summed E-state index contributed by atoms with van der Waals surface area (Å²) in [4.78, 5) is 25.7. The summed E-state index contributed by atoms with van der Waals surface area (Å²) in [5, 5.41) is 0. The lowest BCUT2D eigenvalue weighted by Gasteiger charge is -2.31. The quantitative estimate of drug-likeness (QED) is 0.616. The molecule has 0 N–H and O–H groups in total. The lowest BCUT2D eigenvalue weighted by Crippen LogP contribution is -2.41. The highest BCUT2D eigenvalue weighted by Gasteiger charge is 2.53. The second kappa shape index (κ2) is 9.02. The molecule has 0 aromatic rings. The van der Waals surface area contributed by atoms with Crippen LogP contribution < -0.4 is 0 Å². The molecule has 0 bridgehead atoms. The van der Waals surface area contributed by atoms with E-state index in [1.807, 2.05) is 20.8 Å². The van der Waals surface area contributed by atoms with Crippen molar-refractivity contribution in [3.05, 3.63) is 0 Å². The van der Waals surface area contributed by atoms with Crippen molar-refractivity contribution in [2.24, 2.45) is 11.8 Å². The van der Waals surface area contributed by atoms with Gasteiger partial charge in [-0.2, -0.15) is 0 Å². The molecule has 0 amide bonds. The molecule has 25 heavy (non-hydrogen) atoms. The molecule has 1 saturated heterocycles. The summed E-state index contributed by atoms with van der Waals surface area (Å²) in [7, 11) is 0. The van der Waals surface area contributed by atoms with E-state index in [1.54, 1.807) is 0 Å². The molecule has 5 heteroatoms. The molecule has 2 aliphatic rings. The molecule has 144 valence electrons. The summed E-state index contributed by atoms with van der Waals surface area (Å²) >= 11 is 0. The van der Waals surface area contributed by atoms with Crippen LogP contribution in [0.1, 0.15) is 79.1 Å². The van der Waals surface area contributed by atoms with Crippen molar-refractivity contribution >= 4 is 11.9 Å². The monoisotopic (exact) mass is 354 g/mol. The topological polar surface area (TPSA) is 61.8 Å². The maximum atomic E-state index is 13.1. The zero-order valence-electron chi connectivity index (χ0n) is 16.2. The Bertz CT molecular complexity index is 455. The second-order valence-corrected chi connectivity index (χ2v) is 7.41. The van der Waals surface area contributed by atoms with Crippen LogP contribution in [0, 0.1) is 11.8 Å². The minimum Gasteiger partial charge on any atom is -0.465 e. The molecule has 0 radical (unpaired) electrons. The van der Waals surface area contributed by atoms with Crippen LogP contribution in [0.2, 0.25) is 0 Å². The first kappa shape index (κ1) is 20.2. The van der Waals surface area contributed by atoms with E-state index in [1.165, 1.54) is 0 Å². The number of ether oxygens (including phenoxy) is 3. The average Bonchev–Trinajstić information content (AvgIpc) is 3.24. The number of hydrogen-bond acceptors (Lipinski definition) is 5. The first-order chi connectivity index (χ1) is 12.0. The maximum Gasteiger partial charge on any atom is 0.313 e. The highest BCUT2D eigenvalue weighted by atomic mass is 16.6. The number of rotatable bonds is 8. The van der Waals surface area contributed by atoms with Crippen molar-refractivity contribution in [3.8, 4) is 0 Å². The van der Waals surface area contributed by atoms with Crippen LogP contribution in [0.3, 0.4) is 0 Å². The van der Waals surface area contributed by atoms with Gasteiger partial charge in [0.25, 0.3) is 0 Å². The van der Waals surface area contributed by atoms with Crippen molar-refractivity contribution < 1.29 is 23.8 Å². The largest absolute Gasteiger partial charge is 0.465 e. The van der Waals surface area contributed by atoms with Crippen LogP contribution in [0.15, 0.2) is 0 Å². The van der Waals surface area contributed by atoms with E-state index in [9.17, 15) is 9.59 Å². The molecule has 2 rings (SSSR count). The minimum atomic E-state index is -0.552. The van der Waals surface area contributed by atoms with Gasteiger partial charge in [-0.05, 0) is 51.4 Å². The molecule has 0 spiro atoms. The fraction of sp³-hybridized carbons (Fsp3) is 0.900. The van der Waals surface area contributed by atoms with Gasteiger partial charge in [-0.15, -0.1) is 0 Å². The predicted octanol–water partition coefficient (Wildman–Crippen LogP) is 4.03. The average molecular weight is 354 g/mol. The van der Waals surface area contributed by atoms with Crippen LogP contribution in [0.4, 0.5) is 0 Å². The van der Waals surface area contributed by atoms with Gasteiger partial charge in [0.1, 0.15) is 5.60 Å². The minimum absolute atomic E-state index is 0.270. The Morgan fingerprint density at radius 2 is 1.52 bits per heavy atom. The number of carbonyl (C=O) groups excluding carboxylic acids is 2. The van der Waals surface area contributed by atoms with Gasteiger partial charge in [-0.1, -0.05) is 27.7 Å². The standard InChI is InChI=1S/C20H34O5/c1-5-13-23-18(21)16-14(6-2)24-15(7-3)17(16)19(22)25-20(8-4)11-9-10-12-20/h14-17H,5-13H2,1-4H3. The van der Waals surface area contributed by atoms with E-state index in [2.05, 4.69) is 6.92 Å². The molecule has 1 saturated carbocycles. The third-order valence-corrected chi connectivity index (χ3v) is 5.81. The summed E-state index contributed by atoms with van der Waals surface area (Å²) in [6.07, 6.45) is 6.45. The van der Waals surface area contributed by atoms with Crippen LogP contribution in [-0.2, 0) is 23.8 Å². The summed E-state index contributed by atoms with van der Waals surface area (Å²) < 4.78 is 17.4. The van der Waals surface area contributed by atoms with Gasteiger partial charge in [0.2, 0.25) is 0 Å². The molecule has 1 aliphatic heterocycles. The fourth-order valence-electron chi connectivity index (χ4n) is 4.28. The zero-order chi connectivity index (χ0) is 18.4. The highest BCUT2D eigenvalue weighted by Crippen LogP contribution is 2.41. The number of hydrogen-bond donors (Lipinski definition) is 0. The predicted molar refractivity (Wildman–Crippen MR) is 95.1 cm³/mol. The van der Waals surface area contributed by atoms with Crippen molar-refractivity contribution in [1.82, 2.24) is 0 Å². The van der Waals surface area contributed by atoms with E-state index in [4.69, 9.17) is 14.2 Å². The lowest BCUT2D eigenvalue weighted by molar-refractivity contribution is -0.171. The molecule has 0 aromatic carbocycles. The summed E-state index contributed by atoms with van der Waals surface area (Å²) in [6, 6.07) is 0. The van der Waals surface area contributed by atoms with Crippen molar-refractivity contribution in [3.63, 3.8) is 0 Å². The Morgan fingerprint density at radius 1 is 0.960 bits per heavy atom. The Morgan fingerprint density at radius 3 is 2.00 bits per heavy atom. The zero-order valence-corrected chi connectivity index (χ0v) is 16.2. The van der Waals surface area contributed by atoms with E-state index in [-0.39, 0.29) is 29.7 Å². The highest BCUT2D eigenvalue weighted by molar-refractivity contribution is 5.84. The molecule has 1 heterocycles. The molecule has 4 atom stereocenters.